The molecule has 0 radical (unpaired) electrons. The van der Waals surface area contributed by atoms with Crippen LogP contribution < -0.4 is 0 Å². The Morgan fingerprint density at radius 3 is 2.25 bits per heavy atom. The third-order valence-corrected chi connectivity index (χ3v) is 10.3. The Hall–Kier alpha value is -0.320. The minimum absolute atomic E-state index is 0.143. The predicted octanol–water partition coefficient (Wildman–Crippen LogP) is 0.150. The van der Waals surface area contributed by atoms with Gasteiger partial charge >= 0.3 is 0 Å². The van der Waals surface area contributed by atoms with Crippen LogP contribution in [-0.2, 0) is 14.2 Å². The van der Waals surface area contributed by atoms with Crippen molar-refractivity contribution in [2.45, 2.75) is 93.2 Å². The van der Waals surface area contributed by atoms with Crippen LogP contribution >= 0.6 is 0 Å². The Labute approximate surface area is 190 Å². The van der Waals surface area contributed by atoms with Crippen molar-refractivity contribution in [1.29, 1.82) is 0 Å². The van der Waals surface area contributed by atoms with Gasteiger partial charge in [-0.3, -0.25) is 4.90 Å². The van der Waals surface area contributed by atoms with Crippen molar-refractivity contribution < 1.29 is 34.6 Å². The molecule has 0 amide bonds. The van der Waals surface area contributed by atoms with Crippen molar-refractivity contribution in [2.24, 2.45) is 23.2 Å². The van der Waals surface area contributed by atoms with Gasteiger partial charge in [0.15, 0.2) is 0 Å². The lowest BCUT2D eigenvalue weighted by Gasteiger charge is -2.67. The van der Waals surface area contributed by atoms with Crippen LogP contribution in [0.2, 0.25) is 0 Å². The number of hydrogen-bond donors (Lipinski definition) is 4. The Morgan fingerprint density at radius 2 is 1.66 bits per heavy atom. The molecule has 4 N–H and O–H groups in total. The van der Waals surface area contributed by atoms with E-state index in [1.54, 1.807) is 21.3 Å². The first-order chi connectivity index (χ1) is 15.0. The van der Waals surface area contributed by atoms with Crippen LogP contribution in [0.3, 0.4) is 0 Å². The summed E-state index contributed by atoms with van der Waals surface area (Å²) in [6, 6.07) is -0.572. The van der Waals surface area contributed by atoms with Crippen molar-refractivity contribution in [3.05, 3.63) is 0 Å². The maximum Gasteiger partial charge on any atom is 0.136 e. The summed E-state index contributed by atoms with van der Waals surface area (Å²) in [4.78, 5) is 2.24. The molecule has 0 aromatic carbocycles. The lowest BCUT2D eigenvalue weighted by atomic mass is 9.48. The van der Waals surface area contributed by atoms with Crippen LogP contribution in [0.25, 0.3) is 0 Å². The fraction of sp³-hybridized carbons (Fsp3) is 1.00. The number of fused-ring (bicyclic) bond motifs is 5. The lowest BCUT2D eigenvalue weighted by Crippen LogP contribution is -2.84. The van der Waals surface area contributed by atoms with E-state index < -0.39 is 53.0 Å². The maximum absolute atomic E-state index is 12.8. The second-order valence-electron chi connectivity index (χ2n) is 11.6. The highest BCUT2D eigenvalue weighted by atomic mass is 16.5. The Bertz CT molecular complexity index is 754. The van der Waals surface area contributed by atoms with Crippen LogP contribution in [-0.4, -0.2) is 107 Å². The maximum atomic E-state index is 12.8. The van der Waals surface area contributed by atoms with E-state index in [1.807, 2.05) is 0 Å². The molecule has 0 aromatic rings. The first kappa shape index (κ1) is 23.4. The number of aliphatic hydroxyl groups excluding tert-OH is 1. The highest BCUT2D eigenvalue weighted by molar-refractivity contribution is 5.33. The quantitative estimate of drug-likeness (QED) is 0.474. The molecule has 0 spiro atoms. The molecule has 32 heavy (non-hydrogen) atoms. The number of methoxy groups -OCH3 is 3. The Morgan fingerprint density at radius 1 is 0.969 bits per heavy atom. The van der Waals surface area contributed by atoms with Crippen molar-refractivity contribution in [1.82, 2.24) is 4.90 Å². The topological polar surface area (TPSA) is 112 Å². The van der Waals surface area contributed by atoms with Gasteiger partial charge in [-0.15, -0.1) is 0 Å². The SMILES string of the molecule is CCN1CC2(C)CCC(OC)C3C1C(O)(C(OC)C2)C1(O)CC(OC)C2CC3(O)C1C2O. The van der Waals surface area contributed by atoms with Gasteiger partial charge in [-0.05, 0) is 37.6 Å². The van der Waals surface area contributed by atoms with Crippen molar-refractivity contribution >= 4 is 0 Å². The molecule has 12 unspecified atom stereocenters. The number of likely N-dealkylation sites (N-methyl/N-ethyl adjacent to an activating group) is 1. The zero-order valence-electron chi connectivity index (χ0n) is 20.0. The summed E-state index contributed by atoms with van der Waals surface area (Å²) in [5, 5.41) is 49.1. The van der Waals surface area contributed by atoms with Gasteiger partial charge in [0.05, 0.1) is 36.1 Å². The summed E-state index contributed by atoms with van der Waals surface area (Å²) in [5.41, 5.74) is -4.99. The average Bonchev–Trinajstić information content (AvgIpc) is 2.93. The monoisotopic (exact) mass is 455 g/mol. The first-order valence-corrected chi connectivity index (χ1v) is 12.2. The number of ether oxygens (including phenoxy) is 3. The largest absolute Gasteiger partial charge is 0.392 e. The molecular formula is C24H41NO7. The van der Waals surface area contributed by atoms with Gasteiger partial charge in [-0.25, -0.2) is 0 Å². The van der Waals surface area contributed by atoms with Gasteiger partial charge in [0.1, 0.15) is 11.2 Å². The summed E-state index contributed by atoms with van der Waals surface area (Å²) in [5.74, 6) is -1.67. The third kappa shape index (κ3) is 2.61. The fourth-order valence-corrected chi connectivity index (χ4v) is 9.06. The van der Waals surface area contributed by atoms with E-state index in [0.717, 1.165) is 19.4 Å². The fourth-order valence-electron chi connectivity index (χ4n) is 9.06. The molecule has 5 rings (SSSR count). The van der Waals surface area contributed by atoms with Crippen molar-refractivity contribution in [2.75, 3.05) is 34.4 Å². The molecule has 5 fully saturated rings. The zero-order chi connectivity index (χ0) is 23.3. The van der Waals surface area contributed by atoms with Gasteiger partial charge in [0.25, 0.3) is 0 Å². The second-order valence-corrected chi connectivity index (χ2v) is 11.6. The van der Waals surface area contributed by atoms with Gasteiger partial charge < -0.3 is 34.6 Å². The first-order valence-electron chi connectivity index (χ1n) is 12.2. The molecule has 2 heterocycles. The molecular weight excluding hydrogens is 414 g/mol. The second kappa shape index (κ2) is 7.34. The molecule has 12 atom stereocenters. The van der Waals surface area contributed by atoms with Crippen LogP contribution in [0, 0.1) is 23.2 Å². The van der Waals surface area contributed by atoms with E-state index in [0.29, 0.717) is 19.4 Å². The van der Waals surface area contributed by atoms with E-state index in [4.69, 9.17) is 14.2 Å². The molecule has 2 saturated heterocycles. The number of hydrogen-bond acceptors (Lipinski definition) is 8. The minimum Gasteiger partial charge on any atom is -0.392 e. The van der Waals surface area contributed by atoms with Gasteiger partial charge in [0.2, 0.25) is 0 Å². The highest BCUT2D eigenvalue weighted by Crippen LogP contribution is 2.68. The van der Waals surface area contributed by atoms with E-state index in [1.165, 1.54) is 0 Å². The summed E-state index contributed by atoms with van der Waals surface area (Å²) < 4.78 is 17.8. The van der Waals surface area contributed by atoms with Crippen LogP contribution in [0.5, 0.6) is 0 Å². The van der Waals surface area contributed by atoms with Crippen molar-refractivity contribution in [3.63, 3.8) is 0 Å². The highest BCUT2D eigenvalue weighted by Gasteiger charge is 2.82. The lowest BCUT2D eigenvalue weighted by molar-refractivity contribution is -0.345. The van der Waals surface area contributed by atoms with E-state index >= 15 is 0 Å². The summed E-state index contributed by atoms with van der Waals surface area (Å²) in [6.45, 7) is 5.70. The van der Waals surface area contributed by atoms with Crippen LogP contribution in [0.4, 0.5) is 0 Å². The third-order valence-electron chi connectivity index (χ3n) is 10.3. The average molecular weight is 456 g/mol. The smallest absolute Gasteiger partial charge is 0.136 e. The number of rotatable bonds is 4. The summed E-state index contributed by atoms with van der Waals surface area (Å²) in [6.07, 6.45) is 0.286. The van der Waals surface area contributed by atoms with Gasteiger partial charge in [-0.1, -0.05) is 13.8 Å². The van der Waals surface area contributed by atoms with Crippen molar-refractivity contribution in [3.8, 4) is 0 Å². The molecule has 4 bridgehead atoms. The number of aliphatic hydroxyl groups is 4. The zero-order valence-corrected chi connectivity index (χ0v) is 20.0. The predicted molar refractivity (Wildman–Crippen MR) is 116 cm³/mol. The summed E-state index contributed by atoms with van der Waals surface area (Å²) in [7, 11) is 4.84. The standard InChI is InChI=1S/C24H41NO7/c1-6-25-12-21(2)8-7-14(30-3)17-20(25)24(29,16(11-21)32-5)23(28)10-15(31-4)13-9-22(17,27)19(23)18(13)26/h13-20,26-29H,6-12H2,1-5H3. The number of nitrogens with zero attached hydrogens (tertiary/aromatic N) is 1. The minimum atomic E-state index is -1.77. The molecule has 3 saturated carbocycles. The van der Waals surface area contributed by atoms with Gasteiger partial charge in [-0.2, -0.15) is 0 Å². The molecule has 8 nitrogen and oxygen atoms in total. The molecule has 5 aliphatic rings. The molecule has 2 aliphatic heterocycles. The Kier molecular flexibility index (Phi) is 5.37. The molecule has 184 valence electrons. The Balaban J connectivity index is 1.82. The molecule has 8 heteroatoms. The van der Waals surface area contributed by atoms with Crippen LogP contribution in [0.1, 0.15) is 46.0 Å². The summed E-state index contributed by atoms with van der Waals surface area (Å²) >= 11 is 0. The van der Waals surface area contributed by atoms with Gasteiger partial charge in [0, 0.05) is 52.0 Å². The normalized spacial score (nSPS) is 59.5. The van der Waals surface area contributed by atoms with E-state index in [-0.39, 0.29) is 23.9 Å². The molecule has 3 aliphatic carbocycles. The van der Waals surface area contributed by atoms with Crippen LogP contribution in [0.15, 0.2) is 0 Å². The van der Waals surface area contributed by atoms with E-state index in [2.05, 4.69) is 18.7 Å². The molecule has 0 aromatic heterocycles. The van der Waals surface area contributed by atoms with E-state index in [9.17, 15) is 20.4 Å².